The van der Waals surface area contributed by atoms with Crippen molar-refractivity contribution in [3.05, 3.63) is 262 Å². The fourth-order valence-electron chi connectivity index (χ4n) is 7.35. The lowest BCUT2D eigenvalue weighted by atomic mass is 10.1. The summed E-state index contributed by atoms with van der Waals surface area (Å²) in [5, 5.41) is 19.9. The molecule has 75 heavy (non-hydrogen) atoms. The van der Waals surface area contributed by atoms with Crippen molar-refractivity contribution in [2.24, 2.45) is 10.8 Å². The summed E-state index contributed by atoms with van der Waals surface area (Å²) in [7, 11) is 0. The van der Waals surface area contributed by atoms with Crippen LogP contribution in [0.25, 0.3) is 75.9 Å². The van der Waals surface area contributed by atoms with Gasteiger partial charge in [-0.15, -0.1) is 0 Å². The van der Waals surface area contributed by atoms with E-state index in [1.165, 1.54) is 27.5 Å². The predicted molar refractivity (Wildman–Crippen MR) is 301 cm³/mol. The van der Waals surface area contributed by atoms with Crippen LogP contribution in [0, 0.1) is 20.8 Å². The minimum absolute atomic E-state index is 0.0759. The molecule has 6 heterocycles. The average Bonchev–Trinajstić information content (AvgIpc) is 3.45. The van der Waals surface area contributed by atoms with Crippen molar-refractivity contribution >= 4 is 83.2 Å². The van der Waals surface area contributed by atoms with E-state index in [1.54, 1.807) is 30.9 Å². The number of carbonyl (C=O) groups excluding carboxylic acids is 2. The number of aromatic nitrogens is 6. The van der Waals surface area contributed by atoms with Crippen molar-refractivity contribution in [3.63, 3.8) is 0 Å². The first-order valence-corrected chi connectivity index (χ1v) is 23.9. The number of nitrogens with zero attached hydrogens (tertiary/aromatic N) is 9. The Kier molecular flexibility index (Phi) is 21.5. The van der Waals surface area contributed by atoms with Crippen molar-refractivity contribution in [3.8, 4) is 0 Å². The molecule has 0 amide bonds. The number of hydrogen-bond acceptors (Lipinski definition) is 11. The van der Waals surface area contributed by atoms with Gasteiger partial charge in [-0.3, -0.25) is 29.9 Å². The molecule has 14 heteroatoms. The lowest BCUT2D eigenvalue weighted by Crippen LogP contribution is -1.95. The van der Waals surface area contributed by atoms with Crippen LogP contribution >= 0.6 is 11.6 Å². The number of fused-ring (bicyclic) bond motifs is 6. The summed E-state index contributed by atoms with van der Waals surface area (Å²) < 4.78 is 0. The van der Waals surface area contributed by atoms with Crippen LogP contribution in [-0.4, -0.2) is 41.2 Å². The molecule has 6 aromatic carbocycles. The highest BCUT2D eigenvalue weighted by Crippen LogP contribution is 2.22. The molecule has 6 aromatic heterocycles. The molecule has 0 saturated carbocycles. The van der Waals surface area contributed by atoms with Crippen LogP contribution in [0.2, 0.25) is 5.02 Å². The zero-order chi connectivity index (χ0) is 53.2. The molecule has 0 aliphatic heterocycles. The number of benzene rings is 6. The van der Waals surface area contributed by atoms with E-state index in [1.807, 2.05) is 141 Å². The minimum atomic E-state index is 0.0759. The summed E-state index contributed by atoms with van der Waals surface area (Å²) in [6.07, 6.45) is 10.9. The second kappa shape index (κ2) is 29.3. The summed E-state index contributed by atoms with van der Waals surface area (Å²) in [5.74, 6) is 0. The molecule has 12 aromatic rings. The second-order valence-electron chi connectivity index (χ2n) is 16.6. The first-order chi connectivity index (χ1) is 36.6. The SMILES string of the molecule is Cc1ccc2c(Cl)ccnc2c1.Cc1ccc2cccnc2c1.Cc1ccc2cccnc2c1.NCc1ccc2cccnc2c1.O=C=O.OCc1ccc2cccnc2c1.[N-]=[N+]=NCc1ccc2cccnc2c1. The Morgan fingerprint density at radius 2 is 0.827 bits per heavy atom. The van der Waals surface area contributed by atoms with Crippen molar-refractivity contribution in [2.45, 2.75) is 40.5 Å². The van der Waals surface area contributed by atoms with Gasteiger partial charge in [0.1, 0.15) is 0 Å². The van der Waals surface area contributed by atoms with E-state index >= 15 is 0 Å². The van der Waals surface area contributed by atoms with E-state index in [-0.39, 0.29) is 12.8 Å². The number of rotatable bonds is 4. The summed E-state index contributed by atoms with van der Waals surface area (Å²) in [6, 6.07) is 58.0. The van der Waals surface area contributed by atoms with Crippen LogP contribution in [0.4, 0.5) is 0 Å². The Morgan fingerprint density at radius 1 is 0.480 bits per heavy atom. The molecule has 372 valence electrons. The molecule has 3 N–H and O–H groups in total. The van der Waals surface area contributed by atoms with Gasteiger partial charge in [0.25, 0.3) is 0 Å². The normalized spacial score (nSPS) is 9.95. The first-order valence-electron chi connectivity index (χ1n) is 23.6. The second-order valence-corrected chi connectivity index (χ2v) is 17.0. The summed E-state index contributed by atoms with van der Waals surface area (Å²) >= 11 is 5.97. The lowest BCUT2D eigenvalue weighted by Gasteiger charge is -1.99. The predicted octanol–water partition coefficient (Wildman–Crippen LogP) is 14.2. The van der Waals surface area contributed by atoms with Crippen LogP contribution in [0.1, 0.15) is 33.4 Å². The molecular formula is C61H53ClN10O3. The minimum Gasteiger partial charge on any atom is -0.392 e. The van der Waals surface area contributed by atoms with Crippen LogP contribution < -0.4 is 5.73 Å². The van der Waals surface area contributed by atoms with Crippen molar-refractivity contribution in [2.75, 3.05) is 0 Å². The Morgan fingerprint density at radius 3 is 1.25 bits per heavy atom. The van der Waals surface area contributed by atoms with Crippen molar-refractivity contribution < 1.29 is 14.7 Å². The molecule has 0 aliphatic rings. The molecule has 0 spiro atoms. The van der Waals surface area contributed by atoms with E-state index in [9.17, 15) is 0 Å². The maximum atomic E-state index is 8.87. The van der Waals surface area contributed by atoms with E-state index in [2.05, 4.69) is 102 Å². The fourth-order valence-corrected chi connectivity index (χ4v) is 7.57. The smallest absolute Gasteiger partial charge is 0.373 e. The van der Waals surface area contributed by atoms with Gasteiger partial charge in [0.2, 0.25) is 0 Å². The first kappa shape index (κ1) is 55.0. The average molecular weight is 1010 g/mol. The standard InChI is InChI=1S/C10H8ClN.C10H8N4.C10H10N2.C10H9NO.2C10H9N.CO2/c1-7-2-3-8-9(11)4-5-12-10(8)6-7;11-14-13-7-8-3-4-9-2-1-5-12-10(9)6-8;11-7-8-3-4-9-2-1-5-12-10(9)6-8;12-7-8-3-4-9-2-1-5-11-10(9)6-8;2*1-8-4-5-9-3-2-6-11-10(9)7-8;2-1-3/h2-6H,1H3;1-6H,7H2;1-6H,7,11H2;1-6,12H,7H2;2*2-7H,1H3;. The quantitative estimate of drug-likeness (QED) is 0.0968. The Balaban J connectivity index is 0.000000145. The number of aryl methyl sites for hydroxylation is 3. The maximum Gasteiger partial charge on any atom is 0.373 e. The van der Waals surface area contributed by atoms with Gasteiger partial charge in [-0.2, -0.15) is 9.59 Å². The molecule has 0 unspecified atom stereocenters. The zero-order valence-electron chi connectivity index (χ0n) is 41.6. The molecule has 0 aliphatic carbocycles. The van der Waals surface area contributed by atoms with Gasteiger partial charge in [-0.25, -0.2) is 0 Å². The van der Waals surface area contributed by atoms with E-state index in [4.69, 9.17) is 37.6 Å². The van der Waals surface area contributed by atoms with Crippen molar-refractivity contribution in [1.82, 2.24) is 29.9 Å². The number of azide groups is 1. The topological polar surface area (TPSA) is 206 Å². The molecular weight excluding hydrogens is 956 g/mol. The van der Waals surface area contributed by atoms with E-state index < -0.39 is 0 Å². The molecule has 0 radical (unpaired) electrons. The van der Waals surface area contributed by atoms with E-state index in [0.29, 0.717) is 13.1 Å². The third-order valence-corrected chi connectivity index (χ3v) is 11.4. The van der Waals surface area contributed by atoms with Gasteiger partial charge >= 0.3 is 6.15 Å². The van der Waals surface area contributed by atoms with Gasteiger partial charge in [0.05, 0.1) is 51.3 Å². The largest absolute Gasteiger partial charge is 0.392 e. The highest BCUT2D eigenvalue weighted by atomic mass is 35.5. The van der Waals surface area contributed by atoms with Crippen LogP contribution in [0.15, 0.2) is 218 Å². The number of aliphatic hydroxyl groups is 1. The third-order valence-electron chi connectivity index (χ3n) is 11.1. The number of halogens is 1. The van der Waals surface area contributed by atoms with Gasteiger partial charge in [-0.1, -0.05) is 120 Å². The third kappa shape index (κ3) is 17.2. The summed E-state index contributed by atoms with van der Waals surface area (Å²) in [6.45, 7) is 7.23. The van der Waals surface area contributed by atoms with Crippen LogP contribution in [0.5, 0.6) is 0 Å². The molecule has 0 bridgehead atoms. The number of pyridine rings is 6. The highest BCUT2D eigenvalue weighted by molar-refractivity contribution is 6.35. The summed E-state index contributed by atoms with van der Waals surface area (Å²) in [5.41, 5.74) is 26.4. The number of aliphatic hydroxyl groups excluding tert-OH is 1. The number of nitrogens with two attached hydrogens (primary N) is 1. The molecule has 13 nitrogen and oxygen atoms in total. The van der Waals surface area contributed by atoms with Gasteiger partial charge in [-0.05, 0) is 132 Å². The molecule has 0 saturated heterocycles. The Hall–Kier alpha value is -9.32. The monoisotopic (exact) mass is 1010 g/mol. The van der Waals surface area contributed by atoms with Gasteiger partial charge < -0.3 is 10.8 Å². The van der Waals surface area contributed by atoms with Crippen LogP contribution in [0.3, 0.4) is 0 Å². The van der Waals surface area contributed by atoms with Crippen LogP contribution in [-0.2, 0) is 29.3 Å². The Bertz CT molecular complexity index is 3710. The van der Waals surface area contributed by atoms with Gasteiger partial charge in [0, 0.05) is 81.0 Å². The fraction of sp³-hybridized carbons (Fsp3) is 0.0984. The number of hydrogen-bond donors (Lipinski definition) is 2. The zero-order valence-corrected chi connectivity index (χ0v) is 42.3. The van der Waals surface area contributed by atoms with Crippen molar-refractivity contribution in [1.29, 1.82) is 0 Å². The van der Waals surface area contributed by atoms with Gasteiger partial charge in [0.15, 0.2) is 0 Å². The lowest BCUT2D eigenvalue weighted by molar-refractivity contribution is -0.191. The maximum absolute atomic E-state index is 8.87. The Labute approximate surface area is 439 Å². The highest BCUT2D eigenvalue weighted by Gasteiger charge is 2.00. The van der Waals surface area contributed by atoms with E-state index in [0.717, 1.165) is 76.4 Å². The molecule has 12 rings (SSSR count). The molecule has 0 atom stereocenters. The molecule has 0 fully saturated rings. The summed E-state index contributed by atoms with van der Waals surface area (Å²) in [4.78, 5) is 44.3.